The Morgan fingerprint density at radius 3 is 2.47 bits per heavy atom. The van der Waals surface area contributed by atoms with Crippen molar-refractivity contribution >= 4 is 28.4 Å². The van der Waals surface area contributed by atoms with Gasteiger partial charge >= 0.3 is 0 Å². The highest BCUT2D eigenvalue weighted by atomic mass is 32.2. The van der Waals surface area contributed by atoms with Crippen molar-refractivity contribution < 1.29 is 4.74 Å². The van der Waals surface area contributed by atoms with Gasteiger partial charge in [0.2, 0.25) is 5.78 Å². The first kappa shape index (κ1) is 20.3. The van der Waals surface area contributed by atoms with Gasteiger partial charge in [0, 0.05) is 5.75 Å². The van der Waals surface area contributed by atoms with Gasteiger partial charge in [-0.05, 0) is 36.8 Å². The predicted octanol–water partition coefficient (Wildman–Crippen LogP) is 4.57. The van der Waals surface area contributed by atoms with E-state index in [1.54, 1.807) is 16.3 Å². The van der Waals surface area contributed by atoms with Crippen LogP contribution >= 0.6 is 11.8 Å². The van der Waals surface area contributed by atoms with Gasteiger partial charge in [0.15, 0.2) is 5.16 Å². The van der Waals surface area contributed by atoms with Gasteiger partial charge < -0.3 is 4.74 Å². The summed E-state index contributed by atoms with van der Waals surface area (Å²) in [5.74, 6) is 2.10. The number of nitrogens with zero attached hydrogens (tertiary/aromatic N) is 4. The van der Waals surface area contributed by atoms with Crippen molar-refractivity contribution in [3.63, 3.8) is 0 Å². The number of para-hydroxylation sites is 2. The zero-order valence-electron chi connectivity index (χ0n) is 17.6. The van der Waals surface area contributed by atoms with Gasteiger partial charge in [0.05, 0.1) is 24.1 Å². The Labute approximate surface area is 189 Å². The summed E-state index contributed by atoms with van der Waals surface area (Å²) in [5, 5.41) is 10.2. The molecule has 0 saturated heterocycles. The van der Waals surface area contributed by atoms with Crippen LogP contribution < -0.4 is 10.3 Å². The minimum Gasteiger partial charge on any atom is -0.493 e. The molecule has 0 fully saturated rings. The molecular weight excluding hydrogens is 420 g/mol. The maximum atomic E-state index is 13.3. The second-order valence-electron chi connectivity index (χ2n) is 7.52. The van der Waals surface area contributed by atoms with E-state index in [-0.39, 0.29) is 5.56 Å². The molecule has 0 spiro atoms. The molecule has 2 heterocycles. The zero-order valence-corrected chi connectivity index (χ0v) is 18.5. The van der Waals surface area contributed by atoms with E-state index in [9.17, 15) is 4.79 Å². The number of hydrogen-bond acceptors (Lipinski definition) is 5. The topological polar surface area (TPSA) is 61.4 Å². The average molecular weight is 443 g/mol. The Bertz CT molecular complexity index is 1430. The van der Waals surface area contributed by atoms with Gasteiger partial charge in [0.1, 0.15) is 5.75 Å². The molecule has 0 bridgehead atoms. The van der Waals surface area contributed by atoms with Crippen molar-refractivity contribution in [1.82, 2.24) is 19.2 Å². The van der Waals surface area contributed by atoms with Crippen LogP contribution in [0.1, 0.15) is 11.1 Å². The maximum absolute atomic E-state index is 13.3. The minimum absolute atomic E-state index is 0.0648. The van der Waals surface area contributed by atoms with Crippen LogP contribution in [0, 0.1) is 6.92 Å². The highest BCUT2D eigenvalue weighted by Crippen LogP contribution is 2.22. The first-order chi connectivity index (χ1) is 15.7. The van der Waals surface area contributed by atoms with Crippen LogP contribution in [0.3, 0.4) is 0 Å². The Kier molecular flexibility index (Phi) is 5.64. The summed E-state index contributed by atoms with van der Waals surface area (Å²) in [6.07, 6.45) is 0. The molecule has 0 saturated carbocycles. The summed E-state index contributed by atoms with van der Waals surface area (Å²) in [6, 6.07) is 25.5. The molecule has 3 aromatic carbocycles. The lowest BCUT2D eigenvalue weighted by Gasteiger charge is -2.12. The fourth-order valence-electron chi connectivity index (χ4n) is 3.65. The summed E-state index contributed by atoms with van der Waals surface area (Å²) in [5.41, 5.74) is 2.97. The largest absolute Gasteiger partial charge is 0.493 e. The van der Waals surface area contributed by atoms with Crippen molar-refractivity contribution in [3.05, 3.63) is 100 Å². The normalized spacial score (nSPS) is 11.3. The smallest absolute Gasteiger partial charge is 0.263 e. The number of rotatable bonds is 7. The van der Waals surface area contributed by atoms with Gasteiger partial charge in [-0.3, -0.25) is 13.8 Å². The minimum atomic E-state index is -0.0648. The van der Waals surface area contributed by atoms with E-state index in [1.807, 2.05) is 78.1 Å². The number of ether oxygens (including phenoxy) is 1. The molecular formula is C25H22N4O2S. The molecule has 0 radical (unpaired) electrons. The Balaban J connectivity index is 1.49. The highest BCUT2D eigenvalue weighted by Gasteiger charge is 2.17. The van der Waals surface area contributed by atoms with Crippen LogP contribution in [-0.2, 0) is 6.54 Å². The number of aromatic nitrogens is 4. The number of hydrogen-bond donors (Lipinski definition) is 0. The molecule has 5 rings (SSSR count). The van der Waals surface area contributed by atoms with Crippen molar-refractivity contribution in [1.29, 1.82) is 0 Å². The van der Waals surface area contributed by atoms with Gasteiger partial charge in [-0.2, -0.15) is 0 Å². The SMILES string of the molecule is Cc1ccc(Cn2c(=O)c3ccccc3n3c(SCCOc4ccccc4)nnc23)cc1. The van der Waals surface area contributed by atoms with Crippen molar-refractivity contribution in [2.45, 2.75) is 18.6 Å². The standard InChI is InChI=1S/C25H22N4O2S/c1-18-11-13-19(14-12-18)17-28-23(30)21-9-5-6-10-22(21)29-24(28)26-27-25(29)32-16-15-31-20-7-3-2-4-8-20/h2-14H,15-17H2,1H3. The van der Waals surface area contributed by atoms with E-state index < -0.39 is 0 Å². The predicted molar refractivity (Wildman–Crippen MR) is 128 cm³/mol. The average Bonchev–Trinajstić information content (AvgIpc) is 3.25. The lowest BCUT2D eigenvalue weighted by molar-refractivity contribution is 0.344. The molecule has 0 N–H and O–H groups in total. The molecule has 0 unspecified atom stereocenters. The van der Waals surface area contributed by atoms with Gasteiger partial charge in [0.25, 0.3) is 5.56 Å². The monoisotopic (exact) mass is 442 g/mol. The first-order valence-corrected chi connectivity index (χ1v) is 11.4. The van der Waals surface area contributed by atoms with Crippen LogP contribution in [0.2, 0.25) is 0 Å². The summed E-state index contributed by atoms with van der Waals surface area (Å²) in [6.45, 7) is 3.03. The van der Waals surface area contributed by atoms with Crippen LogP contribution in [0.5, 0.6) is 5.75 Å². The third-order valence-corrected chi connectivity index (χ3v) is 6.16. The lowest BCUT2D eigenvalue weighted by atomic mass is 10.1. The summed E-state index contributed by atoms with van der Waals surface area (Å²) in [7, 11) is 0. The zero-order chi connectivity index (χ0) is 21.9. The summed E-state index contributed by atoms with van der Waals surface area (Å²) in [4.78, 5) is 13.3. The molecule has 0 aliphatic rings. The molecule has 0 aliphatic carbocycles. The fraction of sp³-hybridized carbons (Fsp3) is 0.160. The highest BCUT2D eigenvalue weighted by molar-refractivity contribution is 7.99. The van der Waals surface area contributed by atoms with E-state index in [0.29, 0.717) is 30.1 Å². The molecule has 6 nitrogen and oxygen atoms in total. The van der Waals surface area contributed by atoms with Gasteiger partial charge in [-0.25, -0.2) is 0 Å². The van der Waals surface area contributed by atoms with Crippen molar-refractivity contribution in [2.24, 2.45) is 0 Å². The molecule has 2 aromatic heterocycles. The molecule has 5 aromatic rings. The second kappa shape index (κ2) is 8.88. The molecule has 0 aliphatic heterocycles. The van der Waals surface area contributed by atoms with E-state index in [1.165, 1.54) is 5.56 Å². The third-order valence-electron chi connectivity index (χ3n) is 5.27. The van der Waals surface area contributed by atoms with Gasteiger partial charge in [-0.15, -0.1) is 10.2 Å². The number of thioether (sulfide) groups is 1. The van der Waals surface area contributed by atoms with Crippen LogP contribution in [0.15, 0.2) is 88.8 Å². The molecule has 0 amide bonds. The molecule has 0 atom stereocenters. The molecule has 32 heavy (non-hydrogen) atoms. The number of benzene rings is 3. The van der Waals surface area contributed by atoms with E-state index in [0.717, 1.165) is 22.0 Å². The number of fused-ring (bicyclic) bond motifs is 3. The van der Waals surface area contributed by atoms with Crippen LogP contribution in [0.4, 0.5) is 0 Å². The summed E-state index contributed by atoms with van der Waals surface area (Å²) < 4.78 is 9.47. The fourth-order valence-corrected chi connectivity index (χ4v) is 4.41. The van der Waals surface area contributed by atoms with Crippen LogP contribution in [-0.4, -0.2) is 31.5 Å². The molecule has 7 heteroatoms. The lowest BCUT2D eigenvalue weighted by Crippen LogP contribution is -2.24. The van der Waals surface area contributed by atoms with E-state index in [2.05, 4.69) is 22.3 Å². The van der Waals surface area contributed by atoms with Gasteiger partial charge in [-0.1, -0.05) is 71.9 Å². The third kappa shape index (κ3) is 3.99. The Morgan fingerprint density at radius 1 is 0.906 bits per heavy atom. The van der Waals surface area contributed by atoms with E-state index in [4.69, 9.17) is 4.74 Å². The van der Waals surface area contributed by atoms with Crippen LogP contribution in [0.25, 0.3) is 16.7 Å². The van der Waals surface area contributed by atoms with Crippen molar-refractivity contribution in [3.8, 4) is 5.75 Å². The van der Waals surface area contributed by atoms with E-state index >= 15 is 0 Å². The summed E-state index contributed by atoms with van der Waals surface area (Å²) >= 11 is 1.56. The second-order valence-corrected chi connectivity index (χ2v) is 8.58. The first-order valence-electron chi connectivity index (χ1n) is 10.4. The van der Waals surface area contributed by atoms with Crippen molar-refractivity contribution in [2.75, 3.05) is 12.4 Å². The Hall–Kier alpha value is -3.58. The Morgan fingerprint density at radius 2 is 1.66 bits per heavy atom. The quantitative estimate of drug-likeness (QED) is 0.273. The molecule has 160 valence electrons. The number of aryl methyl sites for hydroxylation is 1. The maximum Gasteiger partial charge on any atom is 0.263 e.